The van der Waals surface area contributed by atoms with Crippen molar-refractivity contribution in [1.82, 2.24) is 0 Å². The van der Waals surface area contributed by atoms with Crippen molar-refractivity contribution in [2.24, 2.45) is 16.2 Å². The zero-order valence-corrected chi connectivity index (χ0v) is 33.1. The van der Waals surface area contributed by atoms with E-state index in [-0.39, 0.29) is 49.9 Å². The maximum absolute atomic E-state index is 14.0. The molecule has 3 atom stereocenters. The summed E-state index contributed by atoms with van der Waals surface area (Å²) in [6.07, 6.45) is 4.33. The molecule has 0 rings (SSSR count). The number of rotatable bonds is 27. The lowest BCUT2D eigenvalue weighted by Crippen LogP contribution is -2.47. The molecule has 0 aliphatic heterocycles. The van der Waals surface area contributed by atoms with Crippen molar-refractivity contribution in [1.29, 1.82) is 5.26 Å². The summed E-state index contributed by atoms with van der Waals surface area (Å²) in [4.78, 5) is 52.0. The molecule has 0 radical (unpaired) electrons. The molecule has 49 heavy (non-hydrogen) atoms. The first-order valence-electron chi connectivity index (χ1n) is 17.4. The number of nitriles is 1. The Morgan fingerprint density at radius 2 is 1.43 bits per heavy atom. The summed E-state index contributed by atoms with van der Waals surface area (Å²) in [5.41, 5.74) is -4.38. The van der Waals surface area contributed by atoms with E-state index < -0.39 is 55.0 Å². The van der Waals surface area contributed by atoms with Gasteiger partial charge in [-0.05, 0) is 66.2 Å². The van der Waals surface area contributed by atoms with Gasteiger partial charge in [-0.15, -0.1) is 0 Å². The molecule has 0 amide bonds. The number of carbonyl (C=O) groups excluding carboxylic acids is 4. The quantitative estimate of drug-likeness (QED) is 0.0391. The van der Waals surface area contributed by atoms with Crippen LogP contribution in [-0.2, 0) is 46.7 Å². The number of aliphatic carboxylic acids is 1. The van der Waals surface area contributed by atoms with Crippen LogP contribution in [0.5, 0.6) is 0 Å². The molecular formula is C35H64N2O11Si. The highest BCUT2D eigenvalue weighted by atomic mass is 28.4. The van der Waals surface area contributed by atoms with Gasteiger partial charge in [-0.1, -0.05) is 33.1 Å². The fraction of sp³-hybridized carbons (Fsp3) is 0.857. The van der Waals surface area contributed by atoms with E-state index in [1.165, 1.54) is 21.3 Å². The molecule has 3 unspecified atom stereocenters. The Labute approximate surface area is 295 Å². The summed E-state index contributed by atoms with van der Waals surface area (Å²) in [7, 11) is 5.27. The summed E-state index contributed by atoms with van der Waals surface area (Å²) in [6, 6.07) is 2.58. The van der Waals surface area contributed by atoms with Gasteiger partial charge in [-0.3, -0.25) is 14.4 Å². The zero-order chi connectivity index (χ0) is 37.9. The highest BCUT2D eigenvalue weighted by Crippen LogP contribution is 2.46. The number of carbonyl (C=O) groups is 4. The molecule has 0 N–H and O–H groups in total. The second-order valence-corrected chi connectivity index (χ2v) is 17.7. The molecule has 0 heterocycles. The molecule has 0 aromatic heterocycles. The molecule has 0 aromatic carbocycles. The van der Waals surface area contributed by atoms with Crippen molar-refractivity contribution in [3.8, 4) is 6.07 Å². The van der Waals surface area contributed by atoms with Gasteiger partial charge >= 0.3 is 26.7 Å². The van der Waals surface area contributed by atoms with Gasteiger partial charge in [0.25, 0.3) is 0 Å². The minimum atomic E-state index is -2.86. The molecule has 14 heteroatoms. The Morgan fingerprint density at radius 3 is 1.94 bits per heavy atom. The van der Waals surface area contributed by atoms with Gasteiger partial charge in [0.2, 0.25) is 0 Å². The molecule has 0 saturated carbocycles. The van der Waals surface area contributed by atoms with E-state index in [9.17, 15) is 29.5 Å². The van der Waals surface area contributed by atoms with Gasteiger partial charge in [0.15, 0.2) is 5.41 Å². The molecule has 0 bridgehead atoms. The number of esters is 3. The SMILES string of the molecule is CCCCCCC(C)OC(=O)C(C#N)(CC)CC(C)(CC(C)(C)C(=O)OCCC[Si](OC)(OC)OC)C(=O)OCC[N+](C)(C)CCC(=O)[O-]. The predicted molar refractivity (Wildman–Crippen MR) is 183 cm³/mol. The summed E-state index contributed by atoms with van der Waals surface area (Å²) < 4.78 is 33.7. The van der Waals surface area contributed by atoms with E-state index in [0.717, 1.165) is 25.7 Å². The fourth-order valence-corrected chi connectivity index (χ4v) is 7.60. The Morgan fingerprint density at radius 1 is 0.837 bits per heavy atom. The summed E-state index contributed by atoms with van der Waals surface area (Å²) in [6.45, 7) is 11.1. The van der Waals surface area contributed by atoms with E-state index in [2.05, 4.69) is 13.0 Å². The minimum Gasteiger partial charge on any atom is -0.550 e. The van der Waals surface area contributed by atoms with Crippen molar-refractivity contribution < 1.29 is 56.3 Å². The highest BCUT2D eigenvalue weighted by molar-refractivity contribution is 6.60. The van der Waals surface area contributed by atoms with Crippen molar-refractivity contribution in [3.05, 3.63) is 0 Å². The number of hydrogen-bond acceptors (Lipinski definition) is 12. The fourth-order valence-electron chi connectivity index (χ4n) is 5.91. The van der Waals surface area contributed by atoms with Crippen LogP contribution in [0.2, 0.25) is 6.04 Å². The van der Waals surface area contributed by atoms with Gasteiger partial charge in [-0.25, -0.2) is 0 Å². The van der Waals surface area contributed by atoms with E-state index in [1.807, 2.05) is 14.1 Å². The lowest BCUT2D eigenvalue weighted by molar-refractivity contribution is -0.890. The molecular weight excluding hydrogens is 652 g/mol. The average Bonchev–Trinajstić information content (AvgIpc) is 3.04. The lowest BCUT2D eigenvalue weighted by Gasteiger charge is -2.39. The average molecular weight is 717 g/mol. The van der Waals surface area contributed by atoms with Crippen molar-refractivity contribution in [2.45, 2.75) is 118 Å². The molecule has 0 aliphatic rings. The van der Waals surface area contributed by atoms with E-state index >= 15 is 0 Å². The standard InChI is InChI=1S/C35H64N2O11Si/c1-12-14-15-16-18-28(3)48-32(42)35(13-2,27-36)26-34(6,31(41)47-23-21-37(7,8)20-19-29(38)39)25-33(4,5)30(40)46-22-17-24-49(43-9,44-10)45-11/h28H,12-26H2,1-11H3. The highest BCUT2D eigenvalue weighted by Gasteiger charge is 2.52. The first-order chi connectivity index (χ1) is 22.8. The minimum absolute atomic E-state index is 0.0472. The number of unbranched alkanes of at least 4 members (excludes halogenated alkanes) is 3. The van der Waals surface area contributed by atoms with E-state index in [0.29, 0.717) is 25.4 Å². The van der Waals surface area contributed by atoms with Crippen molar-refractivity contribution in [2.75, 3.05) is 61.7 Å². The third-order valence-corrected chi connectivity index (χ3v) is 12.0. The van der Waals surface area contributed by atoms with Crippen LogP contribution in [0.4, 0.5) is 0 Å². The summed E-state index contributed by atoms with van der Waals surface area (Å²) in [5, 5.41) is 21.4. The first-order valence-corrected chi connectivity index (χ1v) is 19.3. The van der Waals surface area contributed by atoms with Crippen LogP contribution in [0, 0.1) is 27.6 Å². The van der Waals surface area contributed by atoms with Crippen LogP contribution < -0.4 is 5.11 Å². The maximum atomic E-state index is 14.0. The third kappa shape index (κ3) is 15.9. The lowest BCUT2D eigenvalue weighted by atomic mass is 9.65. The first kappa shape index (κ1) is 46.4. The molecule has 0 fully saturated rings. The molecule has 0 aromatic rings. The van der Waals surface area contributed by atoms with Gasteiger partial charge in [-0.2, -0.15) is 5.26 Å². The molecule has 284 valence electrons. The largest absolute Gasteiger partial charge is 0.550 e. The predicted octanol–water partition coefficient (Wildman–Crippen LogP) is 4.19. The molecule has 0 spiro atoms. The van der Waals surface area contributed by atoms with Crippen LogP contribution in [0.15, 0.2) is 0 Å². The van der Waals surface area contributed by atoms with Crippen LogP contribution in [0.3, 0.4) is 0 Å². The normalized spacial score (nSPS) is 15.3. The number of carboxylic acid groups (broad SMARTS) is 1. The number of ether oxygens (including phenoxy) is 3. The van der Waals surface area contributed by atoms with Gasteiger partial charge < -0.3 is 41.9 Å². The van der Waals surface area contributed by atoms with Crippen LogP contribution in [0.1, 0.15) is 106 Å². The number of likely N-dealkylation sites (N-methyl/N-ethyl adjacent to an activating group) is 1. The Hall–Kier alpha value is -2.57. The number of quaternary nitrogens is 1. The topological polar surface area (TPSA) is 171 Å². The Kier molecular flexibility index (Phi) is 20.5. The third-order valence-electron chi connectivity index (χ3n) is 9.19. The van der Waals surface area contributed by atoms with Crippen LogP contribution >= 0.6 is 0 Å². The van der Waals surface area contributed by atoms with Crippen molar-refractivity contribution in [3.63, 3.8) is 0 Å². The van der Waals surface area contributed by atoms with Gasteiger partial charge in [0.05, 0.1) is 50.3 Å². The number of nitrogens with zero attached hydrogens (tertiary/aromatic N) is 2. The molecule has 0 saturated heterocycles. The Bertz CT molecular complexity index is 1080. The smallest absolute Gasteiger partial charge is 0.500 e. The number of carboxylic acids is 1. The monoisotopic (exact) mass is 716 g/mol. The molecule has 13 nitrogen and oxygen atoms in total. The Balaban J connectivity index is 6.16. The summed E-state index contributed by atoms with van der Waals surface area (Å²) in [5.74, 6) is -3.12. The number of hydrogen-bond donors (Lipinski definition) is 0. The second-order valence-electron chi connectivity index (χ2n) is 14.6. The van der Waals surface area contributed by atoms with Gasteiger partial charge in [0.1, 0.15) is 13.2 Å². The summed E-state index contributed by atoms with van der Waals surface area (Å²) >= 11 is 0. The maximum Gasteiger partial charge on any atom is 0.500 e. The van der Waals surface area contributed by atoms with Gasteiger partial charge in [0, 0.05) is 39.8 Å². The van der Waals surface area contributed by atoms with Crippen LogP contribution in [-0.4, -0.2) is 105 Å². The van der Waals surface area contributed by atoms with Crippen molar-refractivity contribution >= 4 is 32.7 Å². The zero-order valence-electron chi connectivity index (χ0n) is 32.1. The van der Waals surface area contributed by atoms with E-state index in [4.69, 9.17) is 27.5 Å². The van der Waals surface area contributed by atoms with Crippen LogP contribution in [0.25, 0.3) is 0 Å². The molecule has 0 aliphatic carbocycles. The van der Waals surface area contributed by atoms with E-state index in [1.54, 1.807) is 34.6 Å². The second kappa shape index (κ2) is 21.6.